The molecule has 0 radical (unpaired) electrons. The Bertz CT molecular complexity index is 431. The maximum absolute atomic E-state index is 12.0. The van der Waals surface area contributed by atoms with Gasteiger partial charge in [-0.15, -0.1) is 0 Å². The molecular formula is C14H20O3S. The Morgan fingerprint density at radius 2 is 2.11 bits per heavy atom. The lowest BCUT2D eigenvalue weighted by Crippen LogP contribution is -2.16. The van der Waals surface area contributed by atoms with E-state index < -0.39 is 10.8 Å². The largest absolute Gasteiger partial charge is 0.454 e. The number of hydrogen-bond acceptors (Lipinski definition) is 3. The molecule has 0 N–H and O–H groups in total. The summed E-state index contributed by atoms with van der Waals surface area (Å²) in [5, 5.41) is 0.192. The average Bonchev–Trinajstić information content (AvgIpc) is 2.83. The van der Waals surface area contributed by atoms with Crippen LogP contribution in [0, 0.1) is 0 Å². The fourth-order valence-electron chi connectivity index (χ4n) is 1.98. The van der Waals surface area contributed by atoms with Gasteiger partial charge in [0.1, 0.15) is 0 Å². The van der Waals surface area contributed by atoms with Gasteiger partial charge in [-0.25, -0.2) is 0 Å². The molecule has 2 atom stereocenters. The molecule has 2 rings (SSSR count). The van der Waals surface area contributed by atoms with Crippen LogP contribution in [-0.2, 0) is 17.2 Å². The molecule has 0 spiro atoms. The third kappa shape index (κ3) is 3.25. The van der Waals surface area contributed by atoms with Crippen LogP contribution in [0.4, 0.5) is 0 Å². The number of hydrogen-bond donors (Lipinski definition) is 0. The van der Waals surface area contributed by atoms with E-state index >= 15 is 0 Å². The van der Waals surface area contributed by atoms with E-state index in [-0.39, 0.29) is 5.25 Å². The van der Waals surface area contributed by atoms with Crippen LogP contribution >= 0.6 is 0 Å². The zero-order valence-electron chi connectivity index (χ0n) is 11.0. The van der Waals surface area contributed by atoms with Crippen molar-refractivity contribution in [2.45, 2.75) is 38.4 Å². The summed E-state index contributed by atoms with van der Waals surface area (Å²) in [6.07, 6.45) is 2.97. The molecule has 0 fully saturated rings. The van der Waals surface area contributed by atoms with Crippen molar-refractivity contribution in [1.29, 1.82) is 0 Å². The Balaban J connectivity index is 1.94. The maximum Gasteiger partial charge on any atom is 0.231 e. The number of ether oxygens (including phenoxy) is 2. The highest BCUT2D eigenvalue weighted by Gasteiger charge is 2.16. The molecular weight excluding hydrogens is 248 g/mol. The first kappa shape index (κ1) is 13.4. The molecule has 1 heterocycles. The Morgan fingerprint density at radius 3 is 2.89 bits per heavy atom. The Morgan fingerprint density at radius 1 is 1.33 bits per heavy atom. The molecule has 1 aromatic rings. The topological polar surface area (TPSA) is 35.5 Å². The summed E-state index contributed by atoms with van der Waals surface area (Å²) in [4.78, 5) is 0. The summed E-state index contributed by atoms with van der Waals surface area (Å²) >= 11 is 0. The van der Waals surface area contributed by atoms with Gasteiger partial charge in [0.05, 0.1) is 0 Å². The van der Waals surface area contributed by atoms with Gasteiger partial charge in [0.25, 0.3) is 0 Å². The molecule has 3 nitrogen and oxygen atoms in total. The second-order valence-corrected chi connectivity index (χ2v) is 6.62. The van der Waals surface area contributed by atoms with Crippen LogP contribution in [0.1, 0.15) is 32.3 Å². The maximum atomic E-state index is 12.0. The van der Waals surface area contributed by atoms with Crippen molar-refractivity contribution in [3.63, 3.8) is 0 Å². The van der Waals surface area contributed by atoms with Crippen LogP contribution in [0.15, 0.2) is 18.2 Å². The molecule has 0 aromatic heterocycles. The van der Waals surface area contributed by atoms with Crippen molar-refractivity contribution >= 4 is 10.8 Å². The zero-order chi connectivity index (χ0) is 13.0. The van der Waals surface area contributed by atoms with E-state index in [1.807, 2.05) is 18.2 Å². The van der Waals surface area contributed by atoms with Gasteiger partial charge >= 0.3 is 0 Å². The highest BCUT2D eigenvalue weighted by atomic mass is 32.2. The predicted molar refractivity (Wildman–Crippen MR) is 73.6 cm³/mol. The minimum absolute atomic E-state index is 0.192. The summed E-state index contributed by atoms with van der Waals surface area (Å²) in [7, 11) is -0.736. The van der Waals surface area contributed by atoms with Gasteiger partial charge in [-0.3, -0.25) is 4.21 Å². The van der Waals surface area contributed by atoms with Gasteiger partial charge in [-0.1, -0.05) is 26.3 Å². The number of rotatable bonds is 6. The third-order valence-corrected chi connectivity index (χ3v) is 4.86. The van der Waals surface area contributed by atoms with Gasteiger partial charge in [-0.2, -0.15) is 0 Å². The first-order valence-electron chi connectivity index (χ1n) is 6.46. The van der Waals surface area contributed by atoms with Crippen molar-refractivity contribution in [2.75, 3.05) is 12.5 Å². The summed E-state index contributed by atoms with van der Waals surface area (Å²) in [5.74, 6) is 2.42. The number of unbranched alkanes of at least 4 members (excludes halogenated alkanes) is 1. The third-order valence-electron chi connectivity index (χ3n) is 3.11. The van der Waals surface area contributed by atoms with E-state index in [2.05, 4.69) is 13.8 Å². The molecule has 2 unspecified atom stereocenters. The van der Waals surface area contributed by atoms with Crippen LogP contribution < -0.4 is 9.47 Å². The van der Waals surface area contributed by atoms with Crippen molar-refractivity contribution in [2.24, 2.45) is 0 Å². The van der Waals surface area contributed by atoms with E-state index in [1.54, 1.807) is 0 Å². The highest BCUT2D eigenvalue weighted by molar-refractivity contribution is 7.85. The van der Waals surface area contributed by atoms with Crippen LogP contribution in [0.25, 0.3) is 0 Å². The lowest BCUT2D eigenvalue weighted by Gasteiger charge is -2.11. The SMILES string of the molecule is CCCCS(=O)C(C)Cc1ccc2c(c1)OCO2. The lowest BCUT2D eigenvalue weighted by atomic mass is 10.1. The number of fused-ring (bicyclic) bond motifs is 1. The summed E-state index contributed by atoms with van der Waals surface area (Å²) in [6.45, 7) is 4.48. The second-order valence-electron chi connectivity index (χ2n) is 4.64. The van der Waals surface area contributed by atoms with Crippen LogP contribution in [0.3, 0.4) is 0 Å². The van der Waals surface area contributed by atoms with Crippen molar-refractivity contribution in [3.8, 4) is 11.5 Å². The quantitative estimate of drug-likeness (QED) is 0.796. The molecule has 4 heteroatoms. The summed E-state index contributed by atoms with van der Waals surface area (Å²) in [6, 6.07) is 5.95. The van der Waals surface area contributed by atoms with Crippen molar-refractivity contribution in [1.82, 2.24) is 0 Å². The van der Waals surface area contributed by atoms with Gasteiger partial charge in [0, 0.05) is 21.8 Å². The molecule has 100 valence electrons. The molecule has 0 bridgehead atoms. The molecule has 1 aliphatic heterocycles. The normalized spacial score (nSPS) is 16.6. The van der Waals surface area contributed by atoms with E-state index in [9.17, 15) is 4.21 Å². The van der Waals surface area contributed by atoms with Crippen molar-refractivity contribution in [3.05, 3.63) is 23.8 Å². The predicted octanol–water partition coefficient (Wildman–Crippen LogP) is 2.90. The number of benzene rings is 1. The van der Waals surface area contributed by atoms with Gasteiger partial charge in [0.15, 0.2) is 11.5 Å². The van der Waals surface area contributed by atoms with Crippen LogP contribution in [0.5, 0.6) is 11.5 Å². The highest BCUT2D eigenvalue weighted by Crippen LogP contribution is 2.32. The lowest BCUT2D eigenvalue weighted by molar-refractivity contribution is 0.174. The minimum atomic E-state index is -0.736. The Hall–Kier alpha value is -1.03. The van der Waals surface area contributed by atoms with E-state index in [0.717, 1.165) is 42.1 Å². The Kier molecular flexibility index (Phi) is 4.64. The van der Waals surface area contributed by atoms with E-state index in [4.69, 9.17) is 9.47 Å². The molecule has 0 saturated carbocycles. The monoisotopic (exact) mass is 268 g/mol. The fourth-order valence-corrected chi connectivity index (χ4v) is 3.33. The van der Waals surface area contributed by atoms with Gasteiger partial charge in [0.2, 0.25) is 6.79 Å². The Labute approximate surface area is 111 Å². The zero-order valence-corrected chi connectivity index (χ0v) is 11.8. The summed E-state index contributed by atoms with van der Waals surface area (Å²) in [5.41, 5.74) is 1.16. The van der Waals surface area contributed by atoms with Gasteiger partial charge < -0.3 is 9.47 Å². The summed E-state index contributed by atoms with van der Waals surface area (Å²) < 4.78 is 22.6. The van der Waals surface area contributed by atoms with Crippen LogP contribution in [-0.4, -0.2) is 22.0 Å². The van der Waals surface area contributed by atoms with Gasteiger partial charge in [-0.05, 0) is 30.5 Å². The molecule has 1 aromatic carbocycles. The van der Waals surface area contributed by atoms with Crippen LogP contribution in [0.2, 0.25) is 0 Å². The second kappa shape index (κ2) is 6.23. The average molecular weight is 268 g/mol. The molecule has 18 heavy (non-hydrogen) atoms. The fraction of sp³-hybridized carbons (Fsp3) is 0.571. The smallest absolute Gasteiger partial charge is 0.231 e. The van der Waals surface area contributed by atoms with Crippen molar-refractivity contribution < 1.29 is 13.7 Å². The standard InChI is InChI=1S/C14H20O3S/c1-3-4-7-18(15)11(2)8-12-5-6-13-14(9-12)17-10-16-13/h5-6,9,11H,3-4,7-8,10H2,1-2H3. The minimum Gasteiger partial charge on any atom is -0.454 e. The first-order valence-corrected chi connectivity index (χ1v) is 7.84. The molecule has 0 saturated heterocycles. The molecule has 0 amide bonds. The molecule has 1 aliphatic rings. The van der Waals surface area contributed by atoms with E-state index in [1.165, 1.54) is 0 Å². The first-order chi connectivity index (χ1) is 8.70. The molecule has 0 aliphatic carbocycles. The van der Waals surface area contributed by atoms with E-state index in [0.29, 0.717) is 6.79 Å².